The smallest absolute Gasteiger partial charge is 0.230 e. The predicted molar refractivity (Wildman–Crippen MR) is 101 cm³/mol. The van der Waals surface area contributed by atoms with E-state index in [1.165, 1.54) is 19.3 Å². The summed E-state index contributed by atoms with van der Waals surface area (Å²) in [6.45, 7) is 5.84. The van der Waals surface area contributed by atoms with Gasteiger partial charge in [-0.25, -0.2) is 0 Å². The first kappa shape index (κ1) is 17.7. The summed E-state index contributed by atoms with van der Waals surface area (Å²) in [4.78, 5) is 27.5. The highest BCUT2D eigenvalue weighted by Gasteiger charge is 2.36. The second kappa shape index (κ2) is 6.62. The number of hydrogen-bond acceptors (Lipinski definition) is 2. The molecule has 24 heavy (non-hydrogen) atoms. The number of halogens is 1. The first-order valence-corrected chi connectivity index (χ1v) is 9.78. The van der Waals surface area contributed by atoms with Crippen molar-refractivity contribution in [3.63, 3.8) is 0 Å². The molecule has 1 saturated carbocycles. The molecule has 0 saturated heterocycles. The number of rotatable bonds is 3. The molecule has 1 aliphatic heterocycles. The first-order chi connectivity index (χ1) is 11.3. The third-order valence-electron chi connectivity index (χ3n) is 5.29. The average molecular weight is 392 g/mol. The highest BCUT2D eigenvalue weighted by Crippen LogP contribution is 2.37. The molecule has 1 aliphatic carbocycles. The second-order valence-corrected chi connectivity index (χ2v) is 9.72. The van der Waals surface area contributed by atoms with E-state index in [1.54, 1.807) is 0 Å². The van der Waals surface area contributed by atoms with Crippen LogP contribution in [0.3, 0.4) is 0 Å². The van der Waals surface area contributed by atoms with Crippen LogP contribution in [0.25, 0.3) is 0 Å². The van der Waals surface area contributed by atoms with Gasteiger partial charge in [0.25, 0.3) is 0 Å². The number of nitrogens with zero attached hydrogens (tertiary/aromatic N) is 1. The summed E-state index contributed by atoms with van der Waals surface area (Å²) < 4.78 is -0.566. The van der Waals surface area contributed by atoms with E-state index in [9.17, 15) is 9.59 Å². The van der Waals surface area contributed by atoms with E-state index in [1.807, 2.05) is 36.9 Å². The van der Waals surface area contributed by atoms with Crippen LogP contribution in [0.2, 0.25) is 0 Å². The number of carbonyl (C=O) groups is 2. The predicted octanol–water partition coefficient (Wildman–Crippen LogP) is 4.90. The number of amides is 1. The van der Waals surface area contributed by atoms with E-state index in [4.69, 9.17) is 0 Å². The summed E-state index contributed by atoms with van der Waals surface area (Å²) in [5, 5.41) is 0. The number of Topliss-reactive ketones (excluding diaryl/α,β-unsaturated/α-hetero) is 1. The lowest BCUT2D eigenvalue weighted by molar-refractivity contribution is -0.123. The molecule has 2 aliphatic rings. The molecule has 1 heterocycles. The average Bonchev–Trinajstić information content (AvgIpc) is 2.88. The van der Waals surface area contributed by atoms with E-state index in [0.717, 1.165) is 36.1 Å². The molecule has 4 heteroatoms. The van der Waals surface area contributed by atoms with Crippen LogP contribution in [-0.4, -0.2) is 22.1 Å². The van der Waals surface area contributed by atoms with Gasteiger partial charge in [-0.15, -0.1) is 0 Å². The van der Waals surface area contributed by atoms with Crippen molar-refractivity contribution < 1.29 is 9.59 Å². The van der Waals surface area contributed by atoms with E-state index in [-0.39, 0.29) is 23.7 Å². The van der Waals surface area contributed by atoms with Crippen molar-refractivity contribution in [1.29, 1.82) is 0 Å². The number of hydrogen-bond donors (Lipinski definition) is 0. The van der Waals surface area contributed by atoms with Gasteiger partial charge in [-0.1, -0.05) is 35.2 Å². The Hall–Kier alpha value is -1.16. The monoisotopic (exact) mass is 391 g/mol. The topological polar surface area (TPSA) is 37.4 Å². The summed E-state index contributed by atoms with van der Waals surface area (Å²) in [5.41, 5.74) is 2.84. The van der Waals surface area contributed by atoms with Gasteiger partial charge < -0.3 is 4.90 Å². The van der Waals surface area contributed by atoms with Gasteiger partial charge in [0.1, 0.15) is 0 Å². The number of benzene rings is 1. The van der Waals surface area contributed by atoms with Crippen LogP contribution in [0.5, 0.6) is 0 Å². The van der Waals surface area contributed by atoms with Crippen molar-refractivity contribution in [3.8, 4) is 0 Å². The molecule has 0 bridgehead atoms. The van der Waals surface area contributed by atoms with E-state index in [2.05, 4.69) is 22.9 Å². The van der Waals surface area contributed by atoms with Crippen molar-refractivity contribution in [3.05, 3.63) is 29.3 Å². The van der Waals surface area contributed by atoms with Crippen molar-refractivity contribution in [2.75, 3.05) is 4.90 Å². The Kier molecular flexibility index (Phi) is 4.87. The lowest BCUT2D eigenvalue weighted by Gasteiger charge is -2.29. The highest BCUT2D eigenvalue weighted by atomic mass is 79.9. The molecule has 3 nitrogen and oxygen atoms in total. The minimum Gasteiger partial charge on any atom is -0.309 e. The van der Waals surface area contributed by atoms with Gasteiger partial charge in [0, 0.05) is 23.2 Å². The quantitative estimate of drug-likeness (QED) is 0.542. The number of fused-ring (bicyclic) bond motifs is 1. The zero-order valence-electron chi connectivity index (χ0n) is 14.8. The Labute approximate surface area is 152 Å². The zero-order valence-corrected chi connectivity index (χ0v) is 16.4. The van der Waals surface area contributed by atoms with Gasteiger partial charge in [0.05, 0.1) is 4.32 Å². The molecule has 1 unspecified atom stereocenters. The third kappa shape index (κ3) is 3.30. The van der Waals surface area contributed by atoms with Gasteiger partial charge in [-0.05, 0) is 63.8 Å². The summed E-state index contributed by atoms with van der Waals surface area (Å²) in [6.07, 6.45) is 6.46. The molecule has 1 aromatic rings. The summed E-state index contributed by atoms with van der Waals surface area (Å²) in [7, 11) is 0. The normalized spacial score (nSPS) is 21.7. The first-order valence-electron chi connectivity index (χ1n) is 8.99. The fourth-order valence-electron chi connectivity index (χ4n) is 4.00. The third-order valence-corrected chi connectivity index (χ3v) is 5.65. The minimum atomic E-state index is -0.566. The molecular weight excluding hydrogens is 366 g/mol. The van der Waals surface area contributed by atoms with Crippen LogP contribution in [0.15, 0.2) is 18.2 Å². The largest absolute Gasteiger partial charge is 0.309 e. The number of anilines is 1. The van der Waals surface area contributed by atoms with Gasteiger partial charge >= 0.3 is 0 Å². The summed E-state index contributed by atoms with van der Waals surface area (Å²) in [6, 6.07) is 5.98. The Balaban J connectivity index is 1.87. The second-order valence-electron chi connectivity index (χ2n) is 7.74. The van der Waals surface area contributed by atoms with Crippen molar-refractivity contribution >= 4 is 33.3 Å². The van der Waals surface area contributed by atoms with Crippen LogP contribution in [0.4, 0.5) is 5.69 Å². The van der Waals surface area contributed by atoms with Crippen LogP contribution in [0, 0.1) is 5.92 Å². The van der Waals surface area contributed by atoms with Gasteiger partial charge in [0.2, 0.25) is 5.91 Å². The van der Waals surface area contributed by atoms with Crippen molar-refractivity contribution in [2.24, 2.45) is 5.92 Å². The molecule has 0 N–H and O–H groups in total. The Morgan fingerprint density at radius 3 is 2.46 bits per heavy atom. The van der Waals surface area contributed by atoms with Crippen LogP contribution in [0.1, 0.15) is 68.8 Å². The maximum absolute atomic E-state index is 13.0. The molecule has 1 amide bonds. The number of ketones is 1. The molecule has 1 aromatic carbocycles. The maximum Gasteiger partial charge on any atom is 0.230 e. The van der Waals surface area contributed by atoms with E-state index in [0.29, 0.717) is 0 Å². The van der Waals surface area contributed by atoms with E-state index < -0.39 is 4.32 Å². The molecule has 1 fully saturated rings. The molecular formula is C20H26BrNO2. The van der Waals surface area contributed by atoms with Crippen LogP contribution in [-0.2, 0) is 11.2 Å². The summed E-state index contributed by atoms with van der Waals surface area (Å²) >= 11 is 3.45. The number of alkyl halides is 1. The highest BCUT2D eigenvalue weighted by molar-refractivity contribution is 9.10. The fourth-order valence-corrected chi connectivity index (χ4v) is 4.23. The molecule has 130 valence electrons. The van der Waals surface area contributed by atoms with Crippen LogP contribution >= 0.6 is 15.9 Å². The standard InChI is InChI=1S/C20H26BrNO2/c1-13-11-16-12-15(18(23)20(2,3)21)9-10-17(16)22(13)19(24)14-7-5-4-6-8-14/h9-10,12-14H,4-8,11H2,1-3H3. The van der Waals surface area contributed by atoms with Gasteiger partial charge in [-0.3, -0.25) is 9.59 Å². The SMILES string of the molecule is CC1Cc2cc(C(=O)C(C)(C)Br)ccc2N1C(=O)C1CCCCC1. The molecule has 0 spiro atoms. The van der Waals surface area contributed by atoms with Crippen LogP contribution < -0.4 is 4.90 Å². The Morgan fingerprint density at radius 2 is 1.83 bits per heavy atom. The fraction of sp³-hybridized carbons (Fsp3) is 0.600. The molecule has 1 atom stereocenters. The van der Waals surface area contributed by atoms with Gasteiger partial charge in [-0.2, -0.15) is 0 Å². The van der Waals surface area contributed by atoms with Gasteiger partial charge in [0.15, 0.2) is 5.78 Å². The number of carbonyl (C=O) groups excluding carboxylic acids is 2. The Morgan fingerprint density at radius 1 is 1.17 bits per heavy atom. The molecule has 3 rings (SSSR count). The molecule has 0 aromatic heterocycles. The zero-order chi connectivity index (χ0) is 17.5. The lowest BCUT2D eigenvalue weighted by atomic mass is 9.88. The summed E-state index contributed by atoms with van der Waals surface area (Å²) in [5.74, 6) is 0.533. The Bertz CT molecular complexity index is 656. The maximum atomic E-state index is 13.0. The van der Waals surface area contributed by atoms with Crippen molar-refractivity contribution in [1.82, 2.24) is 0 Å². The molecule has 0 radical (unpaired) electrons. The van der Waals surface area contributed by atoms with Crippen molar-refractivity contribution in [2.45, 2.75) is 69.7 Å². The van der Waals surface area contributed by atoms with E-state index >= 15 is 0 Å². The minimum absolute atomic E-state index is 0.0787. The lowest BCUT2D eigenvalue weighted by Crippen LogP contribution is -2.40.